The van der Waals surface area contributed by atoms with Crippen LogP contribution in [0, 0.1) is 0 Å². The fourth-order valence-electron chi connectivity index (χ4n) is 3.82. The standard InChI is InChI=1S/C19H28N5O9P/c1-5-28-16-13-15(22-18(20)23-16)24(9-21-13)17-19(4,26)14-11(32-17)8-30-34(27,33-14)29-7-6-12(25)31-10(2)3/h9-11,14,17,26H,5-8H2,1-4H3,(H2,20,22,23)/t11-,14-,17-,19-,34+/m1/s1. The van der Waals surface area contributed by atoms with Crippen molar-refractivity contribution in [3.63, 3.8) is 0 Å². The molecular weight excluding hydrogens is 473 g/mol. The van der Waals surface area contributed by atoms with Crippen molar-refractivity contribution in [2.75, 3.05) is 25.6 Å². The zero-order chi connectivity index (χ0) is 24.7. The largest absolute Gasteiger partial charge is 0.476 e. The van der Waals surface area contributed by atoms with E-state index in [2.05, 4.69) is 15.0 Å². The van der Waals surface area contributed by atoms with Crippen LogP contribution in [-0.4, -0.2) is 74.3 Å². The van der Waals surface area contributed by atoms with Gasteiger partial charge in [0.1, 0.15) is 17.8 Å². The van der Waals surface area contributed by atoms with Crippen LogP contribution >= 0.6 is 7.82 Å². The highest BCUT2D eigenvalue weighted by molar-refractivity contribution is 7.48. The summed E-state index contributed by atoms with van der Waals surface area (Å²) in [6.45, 7) is 6.63. The van der Waals surface area contributed by atoms with Crippen molar-refractivity contribution in [1.82, 2.24) is 19.5 Å². The third-order valence-corrected chi connectivity index (χ3v) is 6.67. The Morgan fingerprint density at radius 3 is 2.91 bits per heavy atom. The van der Waals surface area contributed by atoms with E-state index in [0.29, 0.717) is 12.1 Å². The van der Waals surface area contributed by atoms with Crippen LogP contribution in [-0.2, 0) is 32.4 Å². The van der Waals surface area contributed by atoms with Gasteiger partial charge >= 0.3 is 13.8 Å². The SMILES string of the molecule is CCOc1nc(N)nc2c1ncn2[C@@H]1O[C@@H]2CO[P@](=O)(OCCC(=O)OC(C)C)O[C@H]2[C@@]1(C)O. The number of nitrogen functional groups attached to an aromatic ring is 1. The highest BCUT2D eigenvalue weighted by Gasteiger charge is 2.60. The first kappa shape index (κ1) is 24.8. The molecule has 0 bridgehead atoms. The lowest BCUT2D eigenvalue weighted by atomic mass is 9.96. The summed E-state index contributed by atoms with van der Waals surface area (Å²) in [5.41, 5.74) is 4.75. The number of aliphatic hydroxyl groups is 1. The normalized spacial score (nSPS) is 31.1. The van der Waals surface area contributed by atoms with Gasteiger partial charge in [-0.25, -0.2) is 9.55 Å². The molecule has 34 heavy (non-hydrogen) atoms. The Bertz CT molecular complexity index is 1110. The molecule has 0 unspecified atom stereocenters. The predicted molar refractivity (Wildman–Crippen MR) is 116 cm³/mol. The number of esters is 1. The molecule has 0 amide bonds. The molecule has 2 aromatic heterocycles. The lowest BCUT2D eigenvalue weighted by molar-refractivity contribution is -0.148. The van der Waals surface area contributed by atoms with E-state index in [1.54, 1.807) is 20.8 Å². The summed E-state index contributed by atoms with van der Waals surface area (Å²) in [6.07, 6.45) is -1.87. The van der Waals surface area contributed by atoms with E-state index in [1.807, 2.05) is 0 Å². The summed E-state index contributed by atoms with van der Waals surface area (Å²) >= 11 is 0. The zero-order valence-electron chi connectivity index (χ0n) is 19.2. The molecule has 0 saturated carbocycles. The summed E-state index contributed by atoms with van der Waals surface area (Å²) in [4.78, 5) is 24.2. The van der Waals surface area contributed by atoms with Gasteiger partial charge in [0.05, 0.1) is 38.7 Å². The van der Waals surface area contributed by atoms with E-state index in [0.717, 1.165) is 0 Å². The van der Waals surface area contributed by atoms with Gasteiger partial charge in [-0.05, 0) is 27.7 Å². The highest BCUT2D eigenvalue weighted by atomic mass is 31.2. The summed E-state index contributed by atoms with van der Waals surface area (Å²) < 4.78 is 47.0. The lowest BCUT2D eigenvalue weighted by Gasteiger charge is -2.34. The van der Waals surface area contributed by atoms with Gasteiger partial charge in [-0.15, -0.1) is 0 Å². The summed E-state index contributed by atoms with van der Waals surface area (Å²) in [7, 11) is -4.07. The average molecular weight is 501 g/mol. The second-order valence-corrected chi connectivity index (χ2v) is 9.91. The number of ether oxygens (including phenoxy) is 3. The number of hydrogen-bond acceptors (Lipinski definition) is 13. The van der Waals surface area contributed by atoms with Crippen molar-refractivity contribution >= 4 is 30.9 Å². The monoisotopic (exact) mass is 501 g/mol. The van der Waals surface area contributed by atoms with Crippen molar-refractivity contribution in [3.05, 3.63) is 6.33 Å². The number of carbonyl (C=O) groups excluding carboxylic acids is 1. The van der Waals surface area contributed by atoms with Crippen molar-refractivity contribution in [2.24, 2.45) is 0 Å². The molecule has 188 valence electrons. The average Bonchev–Trinajstić information content (AvgIpc) is 3.26. The summed E-state index contributed by atoms with van der Waals surface area (Å²) in [5.74, 6) is -0.346. The minimum absolute atomic E-state index is 0.0405. The van der Waals surface area contributed by atoms with Gasteiger partial charge in [0, 0.05) is 0 Å². The Morgan fingerprint density at radius 1 is 1.44 bits per heavy atom. The second kappa shape index (κ2) is 9.36. The lowest BCUT2D eigenvalue weighted by Crippen LogP contribution is -2.47. The van der Waals surface area contributed by atoms with Crippen molar-refractivity contribution in [3.8, 4) is 5.88 Å². The number of fused-ring (bicyclic) bond motifs is 2. The van der Waals surface area contributed by atoms with Gasteiger partial charge in [0.15, 0.2) is 17.4 Å². The van der Waals surface area contributed by atoms with Crippen LogP contribution in [0.2, 0.25) is 0 Å². The quantitative estimate of drug-likeness (QED) is 0.391. The Hall–Kier alpha value is -2.35. The number of imidazole rings is 1. The minimum Gasteiger partial charge on any atom is -0.476 e. The van der Waals surface area contributed by atoms with Crippen LogP contribution in [0.15, 0.2) is 6.33 Å². The minimum atomic E-state index is -4.07. The van der Waals surface area contributed by atoms with Gasteiger partial charge in [-0.1, -0.05) is 0 Å². The Labute approximate surface area is 195 Å². The molecule has 14 nitrogen and oxygen atoms in total. The Morgan fingerprint density at radius 2 is 2.21 bits per heavy atom. The van der Waals surface area contributed by atoms with E-state index >= 15 is 0 Å². The summed E-state index contributed by atoms with van der Waals surface area (Å²) in [6, 6.07) is 0. The van der Waals surface area contributed by atoms with Crippen molar-refractivity contribution in [2.45, 2.75) is 64.3 Å². The van der Waals surface area contributed by atoms with Crippen LogP contribution in [0.5, 0.6) is 5.88 Å². The number of anilines is 1. The van der Waals surface area contributed by atoms with Gasteiger partial charge in [-0.3, -0.25) is 22.9 Å². The number of phosphoric ester groups is 1. The number of nitrogens with zero attached hydrogens (tertiary/aromatic N) is 4. The molecule has 0 radical (unpaired) electrons. The van der Waals surface area contributed by atoms with Gasteiger partial charge < -0.3 is 25.1 Å². The van der Waals surface area contributed by atoms with Crippen LogP contribution < -0.4 is 10.5 Å². The first-order valence-corrected chi connectivity index (χ1v) is 12.3. The first-order chi connectivity index (χ1) is 16.0. The first-order valence-electron chi connectivity index (χ1n) is 10.8. The van der Waals surface area contributed by atoms with Gasteiger partial charge in [-0.2, -0.15) is 9.97 Å². The van der Waals surface area contributed by atoms with Crippen LogP contribution in [0.1, 0.15) is 40.3 Å². The maximum Gasteiger partial charge on any atom is 0.475 e. The van der Waals surface area contributed by atoms with E-state index in [1.165, 1.54) is 17.8 Å². The number of hydrogen-bond donors (Lipinski definition) is 2. The molecule has 0 aromatic carbocycles. The molecule has 4 heterocycles. The zero-order valence-corrected chi connectivity index (χ0v) is 20.1. The third-order valence-electron chi connectivity index (χ3n) is 5.22. The van der Waals surface area contributed by atoms with E-state index in [-0.39, 0.29) is 43.2 Å². The molecule has 2 aliphatic heterocycles. The molecule has 2 aliphatic rings. The van der Waals surface area contributed by atoms with Crippen LogP contribution in [0.4, 0.5) is 5.95 Å². The van der Waals surface area contributed by atoms with Crippen molar-refractivity contribution in [1.29, 1.82) is 0 Å². The fourth-order valence-corrected chi connectivity index (χ4v) is 5.29. The van der Waals surface area contributed by atoms with Gasteiger partial charge in [0.2, 0.25) is 11.8 Å². The Kier molecular flexibility index (Phi) is 6.82. The molecule has 3 N–H and O–H groups in total. The molecule has 0 spiro atoms. The maximum atomic E-state index is 13.0. The number of nitrogens with two attached hydrogens (primary N) is 1. The topological polar surface area (TPSA) is 179 Å². The molecule has 2 fully saturated rings. The molecule has 4 rings (SSSR count). The molecule has 0 aliphatic carbocycles. The van der Waals surface area contributed by atoms with Crippen molar-refractivity contribution < 1.29 is 42.2 Å². The molecule has 15 heteroatoms. The third kappa shape index (κ3) is 4.74. The van der Waals surface area contributed by atoms with E-state index in [9.17, 15) is 14.5 Å². The van der Waals surface area contributed by atoms with Crippen LogP contribution in [0.25, 0.3) is 11.2 Å². The maximum absolute atomic E-state index is 13.0. The highest BCUT2D eigenvalue weighted by Crippen LogP contribution is 2.58. The second-order valence-electron chi connectivity index (χ2n) is 8.29. The van der Waals surface area contributed by atoms with Crippen LogP contribution in [0.3, 0.4) is 0 Å². The van der Waals surface area contributed by atoms with E-state index < -0.39 is 37.8 Å². The number of aromatic nitrogens is 4. The number of carbonyl (C=O) groups is 1. The molecule has 5 atom stereocenters. The predicted octanol–water partition coefficient (Wildman–Crippen LogP) is 1.34. The number of phosphoric acid groups is 1. The van der Waals surface area contributed by atoms with E-state index in [4.69, 9.17) is 33.5 Å². The Balaban J connectivity index is 1.51. The molecular formula is C19H28N5O9P. The van der Waals surface area contributed by atoms with Gasteiger partial charge in [0.25, 0.3) is 0 Å². The smallest absolute Gasteiger partial charge is 0.475 e. The number of rotatable bonds is 8. The molecule has 2 saturated heterocycles. The fraction of sp³-hybridized carbons (Fsp3) is 0.684. The summed E-state index contributed by atoms with van der Waals surface area (Å²) in [5, 5.41) is 11.4. The molecule has 2 aromatic rings.